The van der Waals surface area contributed by atoms with Crippen LogP contribution in [0.15, 0.2) is 40.9 Å². The minimum absolute atomic E-state index is 0.163. The fraction of sp³-hybridized carbons (Fsp3) is 0.227. The maximum absolute atomic E-state index is 6.53. The molecule has 0 aliphatic heterocycles. The number of benzene rings is 1. The van der Waals surface area contributed by atoms with Crippen LogP contribution in [0.25, 0.3) is 33.9 Å². The Morgan fingerprint density at radius 3 is 2.63 bits per heavy atom. The Morgan fingerprint density at radius 1 is 1.17 bits per heavy atom. The molecule has 5 nitrogen and oxygen atoms in total. The van der Waals surface area contributed by atoms with E-state index >= 15 is 0 Å². The van der Waals surface area contributed by atoms with E-state index in [1.54, 1.807) is 23.5 Å². The molecule has 4 aromatic rings. The first-order chi connectivity index (χ1) is 14.4. The average molecular weight is 459 g/mol. The maximum atomic E-state index is 6.53. The van der Waals surface area contributed by atoms with Crippen LogP contribution in [0.3, 0.4) is 0 Å². The summed E-state index contributed by atoms with van der Waals surface area (Å²) in [6.45, 7) is 8.05. The zero-order valence-corrected chi connectivity index (χ0v) is 19.3. The Labute approximate surface area is 189 Å². The Balaban J connectivity index is 1.94. The van der Waals surface area contributed by atoms with Crippen LogP contribution in [0.1, 0.15) is 43.0 Å². The van der Waals surface area contributed by atoms with Gasteiger partial charge in [-0.15, -0.1) is 11.3 Å². The molecule has 4 rings (SSSR count). The van der Waals surface area contributed by atoms with Crippen molar-refractivity contribution in [1.82, 2.24) is 19.9 Å². The molecule has 0 aliphatic carbocycles. The van der Waals surface area contributed by atoms with Crippen molar-refractivity contribution >= 4 is 40.6 Å². The minimum Gasteiger partial charge on any atom is -0.332 e. The predicted molar refractivity (Wildman–Crippen MR) is 124 cm³/mol. The highest BCUT2D eigenvalue weighted by molar-refractivity contribution is 7.16. The van der Waals surface area contributed by atoms with Crippen LogP contribution in [-0.2, 0) is 0 Å². The monoisotopic (exact) mass is 458 g/mol. The van der Waals surface area contributed by atoms with Gasteiger partial charge < -0.3 is 4.52 Å². The Bertz CT molecular complexity index is 1240. The first-order valence-corrected chi connectivity index (χ1v) is 11.1. The fourth-order valence-electron chi connectivity index (χ4n) is 3.12. The normalized spacial score (nSPS) is 11.8. The van der Waals surface area contributed by atoms with E-state index in [1.807, 2.05) is 44.5 Å². The zero-order valence-electron chi connectivity index (χ0n) is 17.0. The third-order valence-electron chi connectivity index (χ3n) is 4.61. The lowest BCUT2D eigenvalue weighted by Gasteiger charge is -2.09. The van der Waals surface area contributed by atoms with Gasteiger partial charge in [0.25, 0.3) is 5.89 Å². The highest BCUT2D eigenvalue weighted by Gasteiger charge is 2.24. The molecule has 0 unspecified atom stereocenters. The van der Waals surface area contributed by atoms with Crippen molar-refractivity contribution in [1.29, 1.82) is 0 Å². The molecule has 0 aliphatic rings. The van der Waals surface area contributed by atoms with E-state index in [-0.39, 0.29) is 5.92 Å². The van der Waals surface area contributed by atoms with Gasteiger partial charge in [0.2, 0.25) is 0 Å². The summed E-state index contributed by atoms with van der Waals surface area (Å²) in [6, 6.07) is 9.54. The highest BCUT2D eigenvalue weighted by Crippen LogP contribution is 2.38. The molecule has 0 fully saturated rings. The van der Waals surface area contributed by atoms with Crippen molar-refractivity contribution in [2.75, 3.05) is 0 Å². The summed E-state index contributed by atoms with van der Waals surface area (Å²) in [5.74, 6) is 1.21. The molecule has 0 amide bonds. The van der Waals surface area contributed by atoms with Crippen LogP contribution in [0.2, 0.25) is 10.0 Å². The Hall–Kier alpha value is -2.41. The summed E-state index contributed by atoms with van der Waals surface area (Å²) in [5.41, 5.74) is 3.24. The molecule has 0 saturated heterocycles. The summed E-state index contributed by atoms with van der Waals surface area (Å²) in [5, 5.41) is 10.00. The predicted octanol–water partition coefficient (Wildman–Crippen LogP) is 7.42. The standard InChI is InChI=1S/C22H20Cl2N4OS/c1-5-6-15-8-10-18(30-15)20-13(4)19(22-25-21(12(2)3)27-29-22)26-28(20)17-9-7-14(23)11-16(17)24/h5-12H,1-4H3/b6-5+. The Morgan fingerprint density at radius 2 is 1.97 bits per heavy atom. The van der Waals surface area contributed by atoms with Gasteiger partial charge in [-0.1, -0.05) is 48.3 Å². The van der Waals surface area contributed by atoms with E-state index in [0.29, 0.717) is 27.5 Å². The quantitative estimate of drug-likeness (QED) is 0.312. The molecule has 8 heteroatoms. The van der Waals surface area contributed by atoms with E-state index in [4.69, 9.17) is 32.8 Å². The van der Waals surface area contributed by atoms with Gasteiger partial charge in [-0.25, -0.2) is 4.68 Å². The number of nitrogens with zero attached hydrogens (tertiary/aromatic N) is 4. The van der Waals surface area contributed by atoms with Crippen molar-refractivity contribution in [2.45, 2.75) is 33.6 Å². The molecule has 30 heavy (non-hydrogen) atoms. The summed E-state index contributed by atoms with van der Waals surface area (Å²) >= 11 is 14.3. The van der Waals surface area contributed by atoms with Gasteiger partial charge >= 0.3 is 0 Å². The van der Waals surface area contributed by atoms with Gasteiger partial charge in [-0.05, 0) is 50.3 Å². The van der Waals surface area contributed by atoms with Gasteiger partial charge in [0, 0.05) is 21.4 Å². The highest BCUT2D eigenvalue weighted by atomic mass is 35.5. The molecule has 0 N–H and O–H groups in total. The van der Waals surface area contributed by atoms with E-state index in [9.17, 15) is 0 Å². The molecule has 0 spiro atoms. The number of rotatable bonds is 5. The molecular weight excluding hydrogens is 439 g/mol. The lowest BCUT2D eigenvalue weighted by molar-refractivity contribution is 0.417. The molecule has 3 aromatic heterocycles. The molecule has 154 valence electrons. The minimum atomic E-state index is 0.163. The van der Waals surface area contributed by atoms with E-state index in [2.05, 4.69) is 28.3 Å². The van der Waals surface area contributed by atoms with E-state index < -0.39 is 0 Å². The van der Waals surface area contributed by atoms with Crippen molar-refractivity contribution in [3.63, 3.8) is 0 Å². The molecule has 0 saturated carbocycles. The van der Waals surface area contributed by atoms with Crippen molar-refractivity contribution in [3.05, 3.63) is 62.7 Å². The van der Waals surface area contributed by atoms with Crippen molar-refractivity contribution < 1.29 is 4.52 Å². The van der Waals surface area contributed by atoms with Crippen molar-refractivity contribution in [2.24, 2.45) is 0 Å². The number of thiophene rings is 1. The van der Waals surface area contributed by atoms with Crippen LogP contribution in [0, 0.1) is 6.92 Å². The maximum Gasteiger partial charge on any atom is 0.278 e. The van der Waals surface area contributed by atoms with Gasteiger partial charge in [-0.2, -0.15) is 10.1 Å². The zero-order chi connectivity index (χ0) is 21.4. The number of halogens is 2. The third kappa shape index (κ3) is 3.83. The first kappa shape index (κ1) is 20.8. The van der Waals surface area contributed by atoms with Crippen LogP contribution < -0.4 is 0 Å². The molecule has 0 radical (unpaired) electrons. The first-order valence-electron chi connectivity index (χ1n) is 9.51. The largest absolute Gasteiger partial charge is 0.332 e. The van der Waals surface area contributed by atoms with Crippen molar-refractivity contribution in [3.8, 4) is 27.8 Å². The SMILES string of the molecule is C/C=C/c1ccc(-c2c(C)c(-c3nc(C(C)C)no3)nn2-c2ccc(Cl)cc2Cl)s1. The number of hydrogen-bond acceptors (Lipinski definition) is 5. The molecule has 0 bridgehead atoms. The van der Waals surface area contributed by atoms with Crippen LogP contribution >= 0.6 is 34.5 Å². The molecule has 3 heterocycles. The van der Waals surface area contributed by atoms with Crippen LogP contribution in [-0.4, -0.2) is 19.9 Å². The summed E-state index contributed by atoms with van der Waals surface area (Å²) < 4.78 is 7.35. The number of allylic oxidation sites excluding steroid dienone is 1. The van der Waals surface area contributed by atoms with Gasteiger partial charge in [0.05, 0.1) is 21.3 Å². The second-order valence-corrected chi connectivity index (χ2v) is 9.10. The number of hydrogen-bond donors (Lipinski definition) is 0. The lowest BCUT2D eigenvalue weighted by Crippen LogP contribution is -2.00. The second kappa shape index (κ2) is 8.38. The summed E-state index contributed by atoms with van der Waals surface area (Å²) in [6.07, 6.45) is 4.10. The topological polar surface area (TPSA) is 56.7 Å². The lowest BCUT2D eigenvalue weighted by atomic mass is 10.1. The Kier molecular flexibility index (Phi) is 5.82. The average Bonchev–Trinajstić information content (AvgIpc) is 3.41. The number of aromatic nitrogens is 4. The smallest absolute Gasteiger partial charge is 0.278 e. The van der Waals surface area contributed by atoms with Crippen LogP contribution in [0.4, 0.5) is 0 Å². The molecule has 1 aromatic carbocycles. The second-order valence-electron chi connectivity index (χ2n) is 7.14. The molecular formula is C22H20Cl2N4OS. The summed E-state index contributed by atoms with van der Waals surface area (Å²) in [4.78, 5) is 6.76. The third-order valence-corrected chi connectivity index (χ3v) is 6.21. The summed E-state index contributed by atoms with van der Waals surface area (Å²) in [7, 11) is 0. The van der Waals surface area contributed by atoms with Gasteiger partial charge in [0.1, 0.15) is 0 Å². The van der Waals surface area contributed by atoms with Gasteiger partial charge in [0.15, 0.2) is 11.5 Å². The van der Waals surface area contributed by atoms with Crippen LogP contribution in [0.5, 0.6) is 0 Å². The fourth-order valence-corrected chi connectivity index (χ4v) is 4.67. The van der Waals surface area contributed by atoms with E-state index in [0.717, 1.165) is 26.7 Å². The molecule has 0 atom stereocenters. The van der Waals surface area contributed by atoms with Gasteiger partial charge in [-0.3, -0.25) is 0 Å². The van der Waals surface area contributed by atoms with E-state index in [1.165, 1.54) is 0 Å².